The Hall–Kier alpha value is -2.89. The molecule has 2 aromatic carbocycles. The Morgan fingerprint density at radius 3 is 2.60 bits per heavy atom. The van der Waals surface area contributed by atoms with Crippen molar-refractivity contribution in [2.45, 2.75) is 13.3 Å². The third kappa shape index (κ3) is 5.60. The summed E-state index contributed by atoms with van der Waals surface area (Å²) in [5, 5.41) is 2.48. The van der Waals surface area contributed by atoms with Crippen LogP contribution in [0.15, 0.2) is 48.5 Å². The van der Waals surface area contributed by atoms with E-state index in [1.807, 2.05) is 24.3 Å². The number of anilines is 1. The predicted molar refractivity (Wildman–Crippen MR) is 94.0 cm³/mol. The highest BCUT2D eigenvalue weighted by atomic mass is 19.1. The van der Waals surface area contributed by atoms with Crippen molar-refractivity contribution in [3.8, 4) is 5.75 Å². The number of para-hydroxylation sites is 1. The van der Waals surface area contributed by atoms with Gasteiger partial charge in [0.25, 0.3) is 0 Å². The number of ether oxygens (including phenoxy) is 1. The Morgan fingerprint density at radius 2 is 1.92 bits per heavy atom. The highest BCUT2D eigenvalue weighted by Gasteiger charge is 2.15. The van der Waals surface area contributed by atoms with E-state index in [-0.39, 0.29) is 18.1 Å². The summed E-state index contributed by atoms with van der Waals surface area (Å²) in [7, 11) is 1.59. The number of benzene rings is 2. The van der Waals surface area contributed by atoms with E-state index in [1.54, 1.807) is 19.2 Å². The molecule has 2 amide bonds. The van der Waals surface area contributed by atoms with E-state index >= 15 is 0 Å². The molecule has 0 aliphatic carbocycles. The molecule has 6 heteroatoms. The third-order valence-electron chi connectivity index (χ3n) is 3.73. The van der Waals surface area contributed by atoms with Crippen LogP contribution in [0.3, 0.4) is 0 Å². The molecule has 0 heterocycles. The Morgan fingerprint density at radius 1 is 1.16 bits per heavy atom. The lowest BCUT2D eigenvalue weighted by Gasteiger charge is -2.20. The molecule has 25 heavy (non-hydrogen) atoms. The molecule has 0 aromatic heterocycles. The van der Waals surface area contributed by atoms with Gasteiger partial charge in [0.15, 0.2) is 0 Å². The molecule has 5 nitrogen and oxygen atoms in total. The van der Waals surface area contributed by atoms with Gasteiger partial charge >= 0.3 is 0 Å². The molecule has 0 aliphatic rings. The number of methoxy groups -OCH3 is 1. The van der Waals surface area contributed by atoms with Crippen LogP contribution < -0.4 is 10.1 Å². The number of nitrogens with zero attached hydrogens (tertiary/aromatic N) is 1. The lowest BCUT2D eigenvalue weighted by atomic mass is 10.1. The summed E-state index contributed by atoms with van der Waals surface area (Å²) in [6, 6.07) is 13.4. The molecule has 0 atom stereocenters. The van der Waals surface area contributed by atoms with E-state index in [0.717, 1.165) is 11.3 Å². The van der Waals surface area contributed by atoms with Gasteiger partial charge in [0, 0.05) is 13.5 Å². The summed E-state index contributed by atoms with van der Waals surface area (Å²) in [6.45, 7) is 1.66. The quantitative estimate of drug-likeness (QED) is 0.840. The second-order valence-electron chi connectivity index (χ2n) is 5.57. The van der Waals surface area contributed by atoms with Crippen molar-refractivity contribution in [1.82, 2.24) is 4.90 Å². The van der Waals surface area contributed by atoms with Gasteiger partial charge in [-0.05, 0) is 36.2 Å². The number of amides is 2. The van der Waals surface area contributed by atoms with E-state index in [1.165, 1.54) is 24.0 Å². The molecule has 0 aliphatic heterocycles. The smallest absolute Gasteiger partial charge is 0.244 e. The molecule has 132 valence electrons. The molecule has 0 radical (unpaired) electrons. The largest absolute Gasteiger partial charge is 0.497 e. The van der Waals surface area contributed by atoms with E-state index in [9.17, 15) is 14.0 Å². The first-order chi connectivity index (χ1) is 12.0. The number of hydrogen-bond acceptors (Lipinski definition) is 3. The molecule has 0 spiro atoms. The SMILES string of the molecule is COc1cccc(CCN(CC(=O)Nc2ccccc2F)C(C)=O)c1. The van der Waals surface area contributed by atoms with Crippen molar-refractivity contribution in [3.63, 3.8) is 0 Å². The Labute approximate surface area is 146 Å². The molecule has 0 saturated carbocycles. The van der Waals surface area contributed by atoms with Crippen LogP contribution in [0.1, 0.15) is 12.5 Å². The summed E-state index contributed by atoms with van der Waals surface area (Å²) >= 11 is 0. The van der Waals surface area contributed by atoms with Crippen molar-refractivity contribution in [3.05, 3.63) is 59.9 Å². The summed E-state index contributed by atoms with van der Waals surface area (Å²) in [5.74, 6) is -0.428. The van der Waals surface area contributed by atoms with Crippen LogP contribution in [0, 0.1) is 5.82 Å². The second-order valence-corrected chi connectivity index (χ2v) is 5.57. The zero-order valence-electron chi connectivity index (χ0n) is 14.3. The first kappa shape index (κ1) is 18.4. The number of carbonyl (C=O) groups excluding carboxylic acids is 2. The van der Waals surface area contributed by atoms with Crippen molar-refractivity contribution in [2.75, 3.05) is 25.5 Å². The zero-order valence-corrected chi connectivity index (χ0v) is 14.3. The van der Waals surface area contributed by atoms with E-state index in [2.05, 4.69) is 5.32 Å². The standard InChI is InChI=1S/C19H21FN2O3/c1-14(23)22(11-10-15-6-5-7-16(12-15)25-2)13-19(24)21-18-9-4-3-8-17(18)20/h3-9,12H,10-11,13H2,1-2H3,(H,21,24). The molecule has 0 unspecified atom stereocenters. The Bertz CT molecular complexity index is 749. The molecule has 0 saturated heterocycles. The van der Waals surface area contributed by atoms with Crippen LogP contribution in [-0.2, 0) is 16.0 Å². The fourth-order valence-electron chi connectivity index (χ4n) is 2.37. The highest BCUT2D eigenvalue weighted by molar-refractivity contribution is 5.94. The minimum atomic E-state index is -0.512. The summed E-state index contributed by atoms with van der Waals surface area (Å²) in [5.41, 5.74) is 1.10. The first-order valence-electron chi connectivity index (χ1n) is 7.92. The van der Waals surface area contributed by atoms with Crippen LogP contribution in [0.25, 0.3) is 0 Å². The number of rotatable bonds is 7. The van der Waals surface area contributed by atoms with Gasteiger partial charge in [-0.3, -0.25) is 9.59 Å². The van der Waals surface area contributed by atoms with Crippen LogP contribution >= 0.6 is 0 Å². The molecule has 2 aromatic rings. The number of hydrogen-bond donors (Lipinski definition) is 1. The summed E-state index contributed by atoms with van der Waals surface area (Å²) < 4.78 is 18.8. The van der Waals surface area contributed by atoms with Gasteiger partial charge in [-0.25, -0.2) is 4.39 Å². The Kier molecular flexibility index (Phi) is 6.51. The van der Waals surface area contributed by atoms with Gasteiger partial charge in [-0.2, -0.15) is 0 Å². The van der Waals surface area contributed by atoms with Crippen LogP contribution in [0.4, 0.5) is 10.1 Å². The molecular weight excluding hydrogens is 323 g/mol. The van der Waals surface area contributed by atoms with Gasteiger partial charge in [0.1, 0.15) is 11.6 Å². The lowest BCUT2D eigenvalue weighted by molar-refractivity contribution is -0.132. The third-order valence-corrected chi connectivity index (χ3v) is 3.73. The van der Waals surface area contributed by atoms with E-state index in [0.29, 0.717) is 13.0 Å². The average molecular weight is 344 g/mol. The van der Waals surface area contributed by atoms with Crippen molar-refractivity contribution >= 4 is 17.5 Å². The molecule has 0 fully saturated rings. The fourth-order valence-corrected chi connectivity index (χ4v) is 2.37. The molecule has 1 N–H and O–H groups in total. The maximum Gasteiger partial charge on any atom is 0.244 e. The Balaban J connectivity index is 1.95. The monoisotopic (exact) mass is 344 g/mol. The van der Waals surface area contributed by atoms with Crippen LogP contribution in [0.2, 0.25) is 0 Å². The van der Waals surface area contributed by atoms with Crippen LogP contribution in [0.5, 0.6) is 5.75 Å². The number of carbonyl (C=O) groups is 2. The van der Waals surface area contributed by atoms with Crippen molar-refractivity contribution < 1.29 is 18.7 Å². The highest BCUT2D eigenvalue weighted by Crippen LogP contribution is 2.14. The molecule has 2 rings (SSSR count). The topological polar surface area (TPSA) is 58.6 Å². The van der Waals surface area contributed by atoms with E-state index < -0.39 is 11.7 Å². The normalized spacial score (nSPS) is 10.2. The minimum absolute atomic E-state index is 0.101. The van der Waals surface area contributed by atoms with Gasteiger partial charge in [-0.1, -0.05) is 24.3 Å². The maximum absolute atomic E-state index is 13.6. The predicted octanol–water partition coefficient (Wildman–Crippen LogP) is 2.86. The van der Waals surface area contributed by atoms with Crippen molar-refractivity contribution in [2.24, 2.45) is 0 Å². The van der Waals surface area contributed by atoms with Gasteiger partial charge in [0.05, 0.1) is 19.3 Å². The van der Waals surface area contributed by atoms with Crippen molar-refractivity contribution in [1.29, 1.82) is 0 Å². The van der Waals surface area contributed by atoms with Crippen LogP contribution in [-0.4, -0.2) is 36.9 Å². The maximum atomic E-state index is 13.6. The first-order valence-corrected chi connectivity index (χ1v) is 7.92. The molecular formula is C19H21FN2O3. The average Bonchev–Trinajstić information content (AvgIpc) is 2.60. The summed E-state index contributed by atoms with van der Waals surface area (Å²) in [4.78, 5) is 25.3. The lowest BCUT2D eigenvalue weighted by Crippen LogP contribution is -2.38. The van der Waals surface area contributed by atoms with E-state index in [4.69, 9.17) is 4.74 Å². The number of nitrogens with one attached hydrogen (secondary N) is 1. The van der Waals surface area contributed by atoms with Gasteiger partial charge in [-0.15, -0.1) is 0 Å². The fraction of sp³-hybridized carbons (Fsp3) is 0.263. The molecule has 0 bridgehead atoms. The van der Waals surface area contributed by atoms with Gasteiger partial charge < -0.3 is 15.0 Å². The summed E-state index contributed by atoms with van der Waals surface area (Å²) in [6.07, 6.45) is 0.587. The number of halogens is 1. The zero-order chi connectivity index (χ0) is 18.2. The second kappa shape index (κ2) is 8.82. The minimum Gasteiger partial charge on any atom is -0.497 e. The van der Waals surface area contributed by atoms with Gasteiger partial charge in [0.2, 0.25) is 11.8 Å².